The maximum Gasteiger partial charge on any atom is 0.0426 e. The lowest BCUT2D eigenvalue weighted by atomic mass is 9.80. The van der Waals surface area contributed by atoms with E-state index in [1.54, 1.807) is 0 Å². The molecule has 1 N–H and O–H groups in total. The molecule has 0 saturated heterocycles. The molecule has 3 rings (SSSR count). The van der Waals surface area contributed by atoms with Gasteiger partial charge in [-0.05, 0) is 42.4 Å². The average Bonchev–Trinajstić information content (AvgIpc) is 2.40. The van der Waals surface area contributed by atoms with E-state index in [4.69, 9.17) is 11.6 Å². The van der Waals surface area contributed by atoms with Crippen LogP contribution in [0.25, 0.3) is 0 Å². The summed E-state index contributed by atoms with van der Waals surface area (Å²) in [5.74, 6) is 1.81. The second-order valence-corrected chi connectivity index (χ2v) is 6.43. The van der Waals surface area contributed by atoms with Crippen molar-refractivity contribution in [1.29, 1.82) is 0 Å². The molecule has 2 aliphatic rings. The molecular weight excluding hydrogens is 242 g/mol. The lowest BCUT2D eigenvalue weighted by Crippen LogP contribution is -2.25. The van der Waals surface area contributed by atoms with Crippen molar-refractivity contribution >= 4 is 17.3 Å². The van der Waals surface area contributed by atoms with Gasteiger partial charge in [0, 0.05) is 17.3 Å². The summed E-state index contributed by atoms with van der Waals surface area (Å²) >= 11 is 6.03. The van der Waals surface area contributed by atoms with Gasteiger partial charge in [-0.2, -0.15) is 0 Å². The highest BCUT2D eigenvalue weighted by molar-refractivity contribution is 6.30. The molecule has 1 saturated carbocycles. The van der Waals surface area contributed by atoms with Crippen molar-refractivity contribution in [1.82, 2.24) is 0 Å². The van der Waals surface area contributed by atoms with Crippen molar-refractivity contribution in [3.63, 3.8) is 0 Å². The van der Waals surface area contributed by atoms with Gasteiger partial charge in [-0.1, -0.05) is 49.8 Å². The molecule has 0 spiro atoms. The van der Waals surface area contributed by atoms with Crippen LogP contribution in [0.2, 0.25) is 5.02 Å². The third-order valence-electron chi connectivity index (χ3n) is 4.55. The number of hydrogen-bond acceptors (Lipinski definition) is 1. The minimum Gasteiger partial charge on any atom is -0.384 e. The summed E-state index contributed by atoms with van der Waals surface area (Å²) in [7, 11) is 0. The van der Waals surface area contributed by atoms with Crippen LogP contribution in [0, 0.1) is 11.8 Å². The Bertz CT molecular complexity index is 410. The van der Waals surface area contributed by atoms with Gasteiger partial charge in [-0.25, -0.2) is 0 Å². The van der Waals surface area contributed by atoms with Crippen LogP contribution in [-0.4, -0.2) is 6.54 Å². The van der Waals surface area contributed by atoms with Gasteiger partial charge >= 0.3 is 0 Å². The van der Waals surface area contributed by atoms with Gasteiger partial charge in [-0.15, -0.1) is 0 Å². The van der Waals surface area contributed by atoms with E-state index in [1.807, 2.05) is 6.07 Å². The first-order valence-electron chi connectivity index (χ1n) is 7.33. The van der Waals surface area contributed by atoms with Crippen LogP contribution in [0.15, 0.2) is 18.2 Å². The van der Waals surface area contributed by atoms with E-state index < -0.39 is 0 Å². The monoisotopic (exact) mass is 263 g/mol. The van der Waals surface area contributed by atoms with E-state index in [-0.39, 0.29) is 0 Å². The predicted octanol–water partition coefficient (Wildman–Crippen LogP) is 4.89. The molecule has 0 aromatic heterocycles. The van der Waals surface area contributed by atoms with Crippen molar-refractivity contribution in [2.75, 3.05) is 11.9 Å². The second kappa shape index (κ2) is 5.52. The first kappa shape index (κ1) is 12.3. The van der Waals surface area contributed by atoms with Crippen LogP contribution in [0.4, 0.5) is 5.69 Å². The van der Waals surface area contributed by atoms with Gasteiger partial charge in [0.1, 0.15) is 0 Å². The van der Waals surface area contributed by atoms with E-state index in [0.29, 0.717) is 0 Å². The van der Waals surface area contributed by atoms with Crippen molar-refractivity contribution < 1.29 is 0 Å². The van der Waals surface area contributed by atoms with Crippen LogP contribution in [-0.2, 0) is 6.42 Å². The number of rotatable bonds is 2. The van der Waals surface area contributed by atoms with Gasteiger partial charge in [0.05, 0.1) is 0 Å². The summed E-state index contributed by atoms with van der Waals surface area (Å²) in [6.45, 7) is 1.13. The number of anilines is 1. The summed E-state index contributed by atoms with van der Waals surface area (Å²) in [5, 5.41) is 4.40. The number of nitrogens with one attached hydrogen (secondary N) is 1. The molecule has 2 heteroatoms. The van der Waals surface area contributed by atoms with Gasteiger partial charge in [0.25, 0.3) is 0 Å². The minimum atomic E-state index is 0.821. The van der Waals surface area contributed by atoms with Crippen LogP contribution in [0.3, 0.4) is 0 Å². The van der Waals surface area contributed by atoms with E-state index >= 15 is 0 Å². The minimum absolute atomic E-state index is 0.821. The van der Waals surface area contributed by atoms with E-state index in [9.17, 15) is 0 Å². The zero-order valence-corrected chi connectivity index (χ0v) is 11.7. The Balaban J connectivity index is 1.62. The highest BCUT2D eigenvalue weighted by Crippen LogP contribution is 2.34. The predicted molar refractivity (Wildman–Crippen MR) is 78.3 cm³/mol. The van der Waals surface area contributed by atoms with Crippen molar-refractivity contribution in [2.45, 2.75) is 44.9 Å². The summed E-state index contributed by atoms with van der Waals surface area (Å²) in [6, 6.07) is 6.27. The van der Waals surface area contributed by atoms with Crippen LogP contribution >= 0.6 is 11.6 Å². The summed E-state index contributed by atoms with van der Waals surface area (Å²) < 4.78 is 0. The molecule has 1 fully saturated rings. The Kier molecular flexibility index (Phi) is 3.79. The quantitative estimate of drug-likeness (QED) is 0.801. The van der Waals surface area contributed by atoms with Gasteiger partial charge in [-0.3, -0.25) is 0 Å². The van der Waals surface area contributed by atoms with Crippen LogP contribution in [0.1, 0.15) is 44.1 Å². The molecule has 1 aliphatic heterocycles. The molecule has 1 nitrogen and oxygen atoms in total. The van der Waals surface area contributed by atoms with E-state index in [2.05, 4.69) is 17.4 Å². The molecule has 18 heavy (non-hydrogen) atoms. The maximum atomic E-state index is 6.03. The zero-order valence-electron chi connectivity index (χ0n) is 10.9. The second-order valence-electron chi connectivity index (χ2n) is 5.99. The Hall–Kier alpha value is -0.690. The number of halogens is 1. The molecule has 1 aromatic rings. The molecule has 0 radical (unpaired) electrons. The first-order valence-corrected chi connectivity index (χ1v) is 7.71. The van der Waals surface area contributed by atoms with Crippen molar-refractivity contribution in [3.05, 3.63) is 28.8 Å². The number of hydrogen-bond donors (Lipinski definition) is 1. The third-order valence-corrected chi connectivity index (χ3v) is 4.79. The molecule has 1 unspecified atom stereocenters. The molecule has 98 valence electrons. The van der Waals surface area contributed by atoms with Gasteiger partial charge in [0.15, 0.2) is 0 Å². The smallest absolute Gasteiger partial charge is 0.0426 e. The number of fused-ring (bicyclic) bond motifs is 1. The molecule has 1 aliphatic carbocycles. The Morgan fingerprint density at radius 1 is 1.11 bits per heavy atom. The topological polar surface area (TPSA) is 12.0 Å². The van der Waals surface area contributed by atoms with Gasteiger partial charge in [0.2, 0.25) is 0 Å². The summed E-state index contributed by atoms with van der Waals surface area (Å²) in [4.78, 5) is 0. The van der Waals surface area contributed by atoms with Crippen LogP contribution < -0.4 is 5.32 Å². The highest BCUT2D eigenvalue weighted by Gasteiger charge is 2.23. The normalized spacial score (nSPS) is 24.4. The van der Waals surface area contributed by atoms with Crippen molar-refractivity contribution in [3.8, 4) is 0 Å². The standard InChI is InChI=1S/C16H22ClN/c17-15-7-6-14-9-13(11-18-16(14)10-15)8-12-4-2-1-3-5-12/h6-7,10,12-13,18H,1-5,8-9,11H2. The first-order chi connectivity index (χ1) is 8.81. The van der Waals surface area contributed by atoms with Crippen molar-refractivity contribution in [2.24, 2.45) is 11.8 Å². The average molecular weight is 264 g/mol. The van der Waals surface area contributed by atoms with E-state index in [0.717, 1.165) is 23.4 Å². The SMILES string of the molecule is Clc1ccc2c(c1)NCC(CC1CCCCC1)C2. The van der Waals surface area contributed by atoms with Gasteiger partial charge < -0.3 is 5.32 Å². The fraction of sp³-hybridized carbons (Fsp3) is 0.625. The fourth-order valence-electron chi connectivity index (χ4n) is 3.59. The third kappa shape index (κ3) is 2.83. The summed E-state index contributed by atoms with van der Waals surface area (Å²) in [5.41, 5.74) is 2.70. The zero-order chi connectivity index (χ0) is 12.4. The van der Waals surface area contributed by atoms with E-state index in [1.165, 1.54) is 56.2 Å². The molecule has 1 aromatic carbocycles. The lowest BCUT2D eigenvalue weighted by Gasteiger charge is -2.31. The molecule has 0 bridgehead atoms. The molecule has 0 amide bonds. The lowest BCUT2D eigenvalue weighted by molar-refractivity contribution is 0.289. The largest absolute Gasteiger partial charge is 0.384 e. The fourth-order valence-corrected chi connectivity index (χ4v) is 3.76. The molecular formula is C16H22ClN. The number of benzene rings is 1. The summed E-state index contributed by atoms with van der Waals surface area (Å²) in [6.07, 6.45) is 9.94. The maximum absolute atomic E-state index is 6.03. The molecule has 1 atom stereocenters. The Morgan fingerprint density at radius 3 is 2.78 bits per heavy atom. The highest BCUT2D eigenvalue weighted by atomic mass is 35.5. The Labute approximate surface area is 115 Å². The molecule has 1 heterocycles. The Morgan fingerprint density at radius 2 is 1.94 bits per heavy atom. The van der Waals surface area contributed by atoms with Crippen LogP contribution in [0.5, 0.6) is 0 Å².